The molecule has 1 aromatic carbocycles. The van der Waals surface area contributed by atoms with Gasteiger partial charge in [-0.2, -0.15) is 0 Å². The number of ether oxygens (including phenoxy) is 1. The standard InChI is InChI=1S/C20H27BrN2O4/c1-13(16-6-5-11-23(16)19(26)27-20(2,3)4)18(25)22-12-17(24)14-7-9-15(21)10-8-14/h7-10,13,16H,5-6,11-12H2,1-4H3,(H,22,25). The Kier molecular flexibility index (Phi) is 7.03. The molecule has 0 spiro atoms. The molecule has 0 bridgehead atoms. The molecule has 1 aromatic rings. The number of likely N-dealkylation sites (tertiary alicyclic amines) is 1. The number of hydrogen-bond acceptors (Lipinski definition) is 4. The van der Waals surface area contributed by atoms with Crippen molar-refractivity contribution in [3.63, 3.8) is 0 Å². The lowest BCUT2D eigenvalue weighted by Gasteiger charge is -2.31. The van der Waals surface area contributed by atoms with Crippen molar-refractivity contribution in [2.45, 2.75) is 52.2 Å². The van der Waals surface area contributed by atoms with Crippen LogP contribution in [0.1, 0.15) is 50.9 Å². The lowest BCUT2D eigenvalue weighted by Crippen LogP contribution is -2.47. The number of hydrogen-bond donors (Lipinski definition) is 1. The summed E-state index contributed by atoms with van der Waals surface area (Å²) in [7, 11) is 0. The molecule has 0 radical (unpaired) electrons. The minimum absolute atomic E-state index is 0.0655. The maximum Gasteiger partial charge on any atom is 0.410 e. The lowest BCUT2D eigenvalue weighted by atomic mass is 9.98. The molecule has 6 nitrogen and oxygen atoms in total. The molecule has 2 amide bonds. The van der Waals surface area contributed by atoms with Crippen LogP contribution in [-0.2, 0) is 9.53 Å². The van der Waals surface area contributed by atoms with Gasteiger partial charge in [0.2, 0.25) is 5.91 Å². The molecule has 1 saturated heterocycles. The predicted molar refractivity (Wildman–Crippen MR) is 107 cm³/mol. The van der Waals surface area contributed by atoms with Gasteiger partial charge in [0.1, 0.15) is 5.60 Å². The molecule has 0 saturated carbocycles. The Morgan fingerprint density at radius 2 is 1.89 bits per heavy atom. The van der Waals surface area contributed by atoms with E-state index in [0.29, 0.717) is 12.1 Å². The molecular weight excluding hydrogens is 412 g/mol. The van der Waals surface area contributed by atoms with Gasteiger partial charge in [-0.1, -0.05) is 35.0 Å². The maximum atomic E-state index is 12.5. The van der Waals surface area contributed by atoms with E-state index in [1.54, 1.807) is 36.1 Å². The first-order valence-electron chi connectivity index (χ1n) is 9.14. The number of rotatable bonds is 5. The summed E-state index contributed by atoms with van der Waals surface area (Å²) in [5, 5.41) is 2.70. The van der Waals surface area contributed by atoms with Crippen molar-refractivity contribution in [2.75, 3.05) is 13.1 Å². The van der Waals surface area contributed by atoms with Gasteiger partial charge in [0.25, 0.3) is 0 Å². The molecule has 27 heavy (non-hydrogen) atoms. The Bertz CT molecular complexity index is 697. The number of ketones is 1. The highest BCUT2D eigenvalue weighted by molar-refractivity contribution is 9.10. The van der Waals surface area contributed by atoms with Crippen LogP contribution in [0.3, 0.4) is 0 Å². The highest BCUT2D eigenvalue weighted by atomic mass is 79.9. The molecule has 0 aromatic heterocycles. The molecule has 1 heterocycles. The third kappa shape index (κ3) is 6.06. The van der Waals surface area contributed by atoms with Gasteiger partial charge >= 0.3 is 6.09 Å². The van der Waals surface area contributed by atoms with Crippen LogP contribution in [0.25, 0.3) is 0 Å². The van der Waals surface area contributed by atoms with Gasteiger partial charge in [-0.05, 0) is 45.7 Å². The molecule has 2 atom stereocenters. The van der Waals surface area contributed by atoms with Crippen molar-refractivity contribution in [1.82, 2.24) is 10.2 Å². The summed E-state index contributed by atoms with van der Waals surface area (Å²) >= 11 is 3.33. The Labute approximate surface area is 168 Å². The van der Waals surface area contributed by atoms with E-state index in [-0.39, 0.29) is 24.3 Å². The highest BCUT2D eigenvalue weighted by Crippen LogP contribution is 2.26. The smallest absolute Gasteiger partial charge is 0.410 e. The van der Waals surface area contributed by atoms with Gasteiger partial charge in [0.15, 0.2) is 5.78 Å². The molecule has 2 rings (SSSR count). The summed E-state index contributed by atoms with van der Waals surface area (Å²) in [6.07, 6.45) is 1.18. The van der Waals surface area contributed by atoms with Crippen LogP contribution in [0.15, 0.2) is 28.7 Å². The van der Waals surface area contributed by atoms with Gasteiger partial charge in [-0.25, -0.2) is 4.79 Å². The minimum Gasteiger partial charge on any atom is -0.444 e. The first-order valence-corrected chi connectivity index (χ1v) is 9.94. The van der Waals surface area contributed by atoms with E-state index in [0.717, 1.165) is 17.3 Å². The summed E-state index contributed by atoms with van der Waals surface area (Å²) in [6, 6.07) is 6.78. The first kappa shape index (κ1) is 21.4. The molecule has 7 heteroatoms. The minimum atomic E-state index is -0.577. The van der Waals surface area contributed by atoms with Gasteiger partial charge in [-0.15, -0.1) is 0 Å². The number of carbonyl (C=O) groups excluding carboxylic acids is 3. The zero-order chi connectivity index (χ0) is 20.2. The summed E-state index contributed by atoms with van der Waals surface area (Å²) < 4.78 is 6.33. The number of Topliss-reactive ketones (excluding diaryl/α,β-unsaturated/α-hetero) is 1. The van der Waals surface area contributed by atoms with Gasteiger partial charge in [-0.3, -0.25) is 9.59 Å². The van der Waals surface area contributed by atoms with Crippen molar-refractivity contribution in [1.29, 1.82) is 0 Å². The zero-order valence-electron chi connectivity index (χ0n) is 16.3. The van der Waals surface area contributed by atoms with E-state index < -0.39 is 17.6 Å². The monoisotopic (exact) mass is 438 g/mol. The van der Waals surface area contributed by atoms with Crippen LogP contribution < -0.4 is 5.32 Å². The largest absolute Gasteiger partial charge is 0.444 e. The molecular formula is C20H27BrN2O4. The third-order valence-corrected chi connectivity index (χ3v) is 5.04. The highest BCUT2D eigenvalue weighted by Gasteiger charge is 2.37. The Balaban J connectivity index is 1.92. The number of halogens is 1. The van der Waals surface area contributed by atoms with E-state index in [9.17, 15) is 14.4 Å². The summed E-state index contributed by atoms with van der Waals surface area (Å²) in [4.78, 5) is 38.8. The lowest BCUT2D eigenvalue weighted by molar-refractivity contribution is -0.125. The quantitative estimate of drug-likeness (QED) is 0.709. The van der Waals surface area contributed by atoms with E-state index in [1.807, 2.05) is 20.8 Å². The van der Waals surface area contributed by atoms with E-state index in [4.69, 9.17) is 4.74 Å². The van der Waals surface area contributed by atoms with Crippen molar-refractivity contribution in [3.8, 4) is 0 Å². The zero-order valence-corrected chi connectivity index (χ0v) is 17.8. The molecule has 1 aliphatic rings. The summed E-state index contributed by atoms with van der Waals surface area (Å²) in [5.41, 5.74) is -0.0327. The molecule has 1 aliphatic heterocycles. The number of carbonyl (C=O) groups is 3. The topological polar surface area (TPSA) is 75.7 Å². The Hall–Kier alpha value is -1.89. The van der Waals surface area contributed by atoms with Crippen molar-refractivity contribution >= 4 is 33.7 Å². The maximum absolute atomic E-state index is 12.5. The van der Waals surface area contributed by atoms with Crippen LogP contribution >= 0.6 is 15.9 Å². The Morgan fingerprint density at radius 1 is 1.26 bits per heavy atom. The number of nitrogens with one attached hydrogen (secondary N) is 1. The second kappa shape index (κ2) is 8.87. The fourth-order valence-electron chi connectivity index (χ4n) is 3.10. The normalized spacial score (nSPS) is 18.1. The summed E-state index contributed by atoms with van der Waals surface area (Å²) in [5.74, 6) is -0.808. The number of amides is 2. The third-order valence-electron chi connectivity index (χ3n) is 4.51. The number of nitrogens with zero attached hydrogens (tertiary/aromatic N) is 1. The fraction of sp³-hybridized carbons (Fsp3) is 0.550. The molecule has 1 fully saturated rings. The van der Waals surface area contributed by atoms with Gasteiger partial charge < -0.3 is 15.0 Å². The molecule has 148 valence electrons. The van der Waals surface area contributed by atoms with Crippen molar-refractivity contribution < 1.29 is 19.1 Å². The second-order valence-corrected chi connectivity index (χ2v) is 8.74. The van der Waals surface area contributed by atoms with Crippen LogP contribution in [-0.4, -0.2) is 47.4 Å². The summed E-state index contributed by atoms with van der Waals surface area (Å²) in [6.45, 7) is 7.76. The average Bonchev–Trinajstić information content (AvgIpc) is 3.07. The average molecular weight is 439 g/mol. The second-order valence-electron chi connectivity index (χ2n) is 7.82. The number of benzene rings is 1. The SMILES string of the molecule is CC(C(=O)NCC(=O)c1ccc(Br)cc1)C1CCCN1C(=O)OC(C)(C)C. The van der Waals surface area contributed by atoms with Gasteiger partial charge in [0, 0.05) is 22.6 Å². The van der Waals surface area contributed by atoms with Gasteiger partial charge in [0.05, 0.1) is 12.5 Å². The van der Waals surface area contributed by atoms with E-state index in [1.165, 1.54) is 0 Å². The fourth-order valence-corrected chi connectivity index (χ4v) is 3.36. The van der Waals surface area contributed by atoms with Crippen molar-refractivity contribution in [2.24, 2.45) is 5.92 Å². The Morgan fingerprint density at radius 3 is 2.48 bits per heavy atom. The first-order chi connectivity index (χ1) is 12.6. The van der Waals surface area contributed by atoms with Crippen LogP contribution in [0.5, 0.6) is 0 Å². The molecule has 2 unspecified atom stereocenters. The van der Waals surface area contributed by atoms with Crippen LogP contribution in [0.4, 0.5) is 4.79 Å². The molecule has 1 N–H and O–H groups in total. The van der Waals surface area contributed by atoms with Crippen LogP contribution in [0.2, 0.25) is 0 Å². The van der Waals surface area contributed by atoms with E-state index >= 15 is 0 Å². The van der Waals surface area contributed by atoms with E-state index in [2.05, 4.69) is 21.2 Å². The van der Waals surface area contributed by atoms with Crippen LogP contribution in [0, 0.1) is 5.92 Å². The van der Waals surface area contributed by atoms with Crippen molar-refractivity contribution in [3.05, 3.63) is 34.3 Å². The predicted octanol–water partition coefficient (Wildman–Crippen LogP) is 3.78. The molecule has 0 aliphatic carbocycles.